The molecule has 1 aliphatic rings. The van der Waals surface area contributed by atoms with E-state index in [4.69, 9.17) is 4.74 Å². The molecule has 1 atom stereocenters. The van der Waals surface area contributed by atoms with Crippen molar-refractivity contribution in [3.05, 3.63) is 29.8 Å². The largest absolute Gasteiger partial charge is 0.375 e. The van der Waals surface area contributed by atoms with E-state index in [1.807, 2.05) is 6.92 Å². The highest BCUT2D eigenvalue weighted by molar-refractivity contribution is 7.90. The second-order valence-corrected chi connectivity index (χ2v) is 7.22. The number of rotatable bonds is 3. The van der Waals surface area contributed by atoms with E-state index in [2.05, 4.69) is 5.32 Å². The smallest absolute Gasteiger partial charge is 0.317 e. The van der Waals surface area contributed by atoms with Crippen LogP contribution in [0.4, 0.5) is 4.79 Å². The second kappa shape index (κ2) is 6.44. The van der Waals surface area contributed by atoms with Crippen molar-refractivity contribution in [3.63, 3.8) is 0 Å². The van der Waals surface area contributed by atoms with Crippen LogP contribution in [0.25, 0.3) is 0 Å². The summed E-state index contributed by atoms with van der Waals surface area (Å²) in [5, 5.41) is 2.83. The Bertz CT molecular complexity index is 598. The van der Waals surface area contributed by atoms with Gasteiger partial charge in [-0.1, -0.05) is 12.1 Å². The van der Waals surface area contributed by atoms with E-state index in [9.17, 15) is 13.2 Å². The zero-order valence-electron chi connectivity index (χ0n) is 12.2. The van der Waals surface area contributed by atoms with Gasteiger partial charge in [-0.3, -0.25) is 0 Å². The molecular formula is C14H20N2O4S. The summed E-state index contributed by atoms with van der Waals surface area (Å²) in [6.45, 7) is 4.03. The van der Waals surface area contributed by atoms with Gasteiger partial charge in [-0.25, -0.2) is 13.2 Å². The number of hydrogen-bond donors (Lipinski definition) is 1. The number of hydrogen-bond acceptors (Lipinski definition) is 4. The van der Waals surface area contributed by atoms with E-state index in [0.717, 1.165) is 5.56 Å². The number of ether oxygens (including phenoxy) is 1. The van der Waals surface area contributed by atoms with Crippen LogP contribution < -0.4 is 5.32 Å². The minimum Gasteiger partial charge on any atom is -0.375 e. The van der Waals surface area contributed by atoms with Gasteiger partial charge >= 0.3 is 6.03 Å². The maximum Gasteiger partial charge on any atom is 0.317 e. The molecule has 1 aromatic rings. The van der Waals surface area contributed by atoms with Crippen molar-refractivity contribution in [2.45, 2.75) is 24.5 Å². The summed E-state index contributed by atoms with van der Waals surface area (Å²) in [5.74, 6) is 0. The third kappa shape index (κ3) is 4.44. The summed E-state index contributed by atoms with van der Waals surface area (Å²) in [6, 6.07) is 6.38. The van der Waals surface area contributed by atoms with Crippen LogP contribution >= 0.6 is 0 Å². The zero-order chi connectivity index (χ0) is 15.5. The van der Waals surface area contributed by atoms with Gasteiger partial charge in [0.25, 0.3) is 0 Å². The maximum atomic E-state index is 12.0. The van der Waals surface area contributed by atoms with Crippen molar-refractivity contribution in [1.82, 2.24) is 10.2 Å². The standard InChI is InChI=1S/C14H20N2O4S/c1-11-10-16(7-8-20-11)14(17)15-9-12-3-5-13(6-4-12)21(2,18)19/h3-6,11H,7-10H2,1-2H3,(H,15,17)/t11-/m0/s1. The first kappa shape index (κ1) is 15.8. The molecule has 116 valence electrons. The first-order valence-corrected chi connectivity index (χ1v) is 8.69. The van der Waals surface area contributed by atoms with E-state index in [-0.39, 0.29) is 17.0 Å². The average molecular weight is 312 g/mol. The lowest BCUT2D eigenvalue weighted by atomic mass is 10.2. The molecule has 0 radical (unpaired) electrons. The Hall–Kier alpha value is -1.60. The molecule has 1 aromatic carbocycles. The van der Waals surface area contributed by atoms with Gasteiger partial charge in [0.1, 0.15) is 0 Å². The Morgan fingerprint density at radius 2 is 2.05 bits per heavy atom. The molecule has 1 saturated heterocycles. The molecule has 0 bridgehead atoms. The van der Waals surface area contributed by atoms with Crippen molar-refractivity contribution >= 4 is 15.9 Å². The summed E-state index contributed by atoms with van der Waals surface area (Å²) in [6.07, 6.45) is 1.22. The number of urea groups is 1. The van der Waals surface area contributed by atoms with Crippen molar-refractivity contribution < 1.29 is 17.9 Å². The first-order chi connectivity index (χ1) is 9.86. The molecule has 1 N–H and O–H groups in total. The fourth-order valence-corrected chi connectivity index (χ4v) is 2.78. The van der Waals surface area contributed by atoms with E-state index in [1.54, 1.807) is 29.2 Å². The monoisotopic (exact) mass is 312 g/mol. The maximum absolute atomic E-state index is 12.0. The Morgan fingerprint density at radius 1 is 1.38 bits per heavy atom. The zero-order valence-corrected chi connectivity index (χ0v) is 13.0. The van der Waals surface area contributed by atoms with Crippen molar-refractivity contribution in [2.75, 3.05) is 26.0 Å². The molecule has 0 unspecified atom stereocenters. The summed E-state index contributed by atoms with van der Waals surface area (Å²) >= 11 is 0. The van der Waals surface area contributed by atoms with Crippen LogP contribution in [-0.4, -0.2) is 51.4 Å². The van der Waals surface area contributed by atoms with Gasteiger partial charge in [0, 0.05) is 25.9 Å². The molecule has 1 heterocycles. The number of morpholine rings is 1. The number of carbonyl (C=O) groups is 1. The highest BCUT2D eigenvalue weighted by Gasteiger charge is 2.20. The number of nitrogens with zero attached hydrogens (tertiary/aromatic N) is 1. The van der Waals surface area contributed by atoms with Gasteiger partial charge in [-0.15, -0.1) is 0 Å². The summed E-state index contributed by atoms with van der Waals surface area (Å²) in [7, 11) is -3.18. The minimum atomic E-state index is -3.18. The molecule has 2 amide bonds. The number of amides is 2. The summed E-state index contributed by atoms with van der Waals surface area (Å²) in [4.78, 5) is 14.0. The Kier molecular flexibility index (Phi) is 4.84. The number of nitrogens with one attached hydrogen (secondary N) is 1. The number of carbonyl (C=O) groups excluding carboxylic acids is 1. The van der Waals surface area contributed by atoms with Crippen molar-refractivity contribution in [1.29, 1.82) is 0 Å². The molecule has 1 aliphatic heterocycles. The lowest BCUT2D eigenvalue weighted by Crippen LogP contribution is -2.48. The first-order valence-electron chi connectivity index (χ1n) is 6.79. The molecule has 0 saturated carbocycles. The van der Waals surface area contributed by atoms with E-state index >= 15 is 0 Å². The predicted molar refractivity (Wildman–Crippen MR) is 78.8 cm³/mol. The third-order valence-corrected chi connectivity index (χ3v) is 4.45. The van der Waals surface area contributed by atoms with Crippen LogP contribution in [0.15, 0.2) is 29.2 Å². The normalized spacial score (nSPS) is 19.3. The molecule has 0 spiro atoms. The van der Waals surface area contributed by atoms with Gasteiger partial charge in [0.05, 0.1) is 17.6 Å². The van der Waals surface area contributed by atoms with Gasteiger partial charge in [0.2, 0.25) is 0 Å². The topological polar surface area (TPSA) is 75.7 Å². The molecule has 6 nitrogen and oxygen atoms in total. The molecular weight excluding hydrogens is 292 g/mol. The van der Waals surface area contributed by atoms with Crippen LogP contribution in [0, 0.1) is 0 Å². The molecule has 1 fully saturated rings. The van der Waals surface area contributed by atoms with Crippen molar-refractivity contribution in [2.24, 2.45) is 0 Å². The number of sulfone groups is 1. The average Bonchev–Trinajstić information content (AvgIpc) is 2.44. The van der Waals surface area contributed by atoms with Crippen molar-refractivity contribution in [3.8, 4) is 0 Å². The SMILES string of the molecule is C[C@H]1CN(C(=O)NCc2ccc(S(C)(=O)=O)cc2)CCO1. The lowest BCUT2D eigenvalue weighted by molar-refractivity contribution is -0.00351. The Labute approximate surface area is 125 Å². The van der Waals surface area contributed by atoms with Gasteiger partial charge in [-0.05, 0) is 24.6 Å². The Balaban J connectivity index is 1.89. The molecule has 7 heteroatoms. The fourth-order valence-electron chi connectivity index (χ4n) is 2.15. The predicted octanol–water partition coefficient (Wildman–Crippen LogP) is 1.02. The molecule has 0 aliphatic carbocycles. The van der Waals surface area contributed by atoms with Crippen LogP contribution in [0.1, 0.15) is 12.5 Å². The van der Waals surface area contributed by atoms with Crippen LogP contribution in [0.3, 0.4) is 0 Å². The fraction of sp³-hybridized carbons (Fsp3) is 0.500. The summed E-state index contributed by atoms with van der Waals surface area (Å²) < 4.78 is 28.1. The number of benzene rings is 1. The highest BCUT2D eigenvalue weighted by Crippen LogP contribution is 2.10. The van der Waals surface area contributed by atoms with Gasteiger partial charge in [0.15, 0.2) is 9.84 Å². The Morgan fingerprint density at radius 3 is 2.62 bits per heavy atom. The van der Waals surface area contributed by atoms with Crippen LogP contribution in [0.2, 0.25) is 0 Å². The highest BCUT2D eigenvalue weighted by atomic mass is 32.2. The summed E-state index contributed by atoms with van der Waals surface area (Å²) in [5.41, 5.74) is 0.858. The molecule has 2 rings (SSSR count). The van der Waals surface area contributed by atoms with Crippen LogP contribution in [0.5, 0.6) is 0 Å². The van der Waals surface area contributed by atoms with Gasteiger partial charge < -0.3 is 15.0 Å². The molecule has 21 heavy (non-hydrogen) atoms. The third-order valence-electron chi connectivity index (χ3n) is 3.32. The van der Waals surface area contributed by atoms with E-state index in [0.29, 0.717) is 26.2 Å². The van der Waals surface area contributed by atoms with E-state index in [1.165, 1.54) is 6.26 Å². The quantitative estimate of drug-likeness (QED) is 0.904. The lowest BCUT2D eigenvalue weighted by Gasteiger charge is -2.31. The van der Waals surface area contributed by atoms with Crippen LogP contribution in [-0.2, 0) is 21.1 Å². The minimum absolute atomic E-state index is 0.0542. The van der Waals surface area contributed by atoms with Gasteiger partial charge in [-0.2, -0.15) is 0 Å². The second-order valence-electron chi connectivity index (χ2n) is 5.20. The molecule has 0 aromatic heterocycles. The van der Waals surface area contributed by atoms with E-state index < -0.39 is 9.84 Å².